The highest BCUT2D eigenvalue weighted by molar-refractivity contribution is 5.99. The molecular formula is C23H15F6N3O2. The highest BCUT2D eigenvalue weighted by atomic mass is 19.4. The number of amides is 2. The molecule has 0 bridgehead atoms. The van der Waals surface area contributed by atoms with Crippen molar-refractivity contribution < 1.29 is 35.9 Å². The first-order chi connectivity index (χ1) is 15.9. The van der Waals surface area contributed by atoms with Gasteiger partial charge in [-0.1, -0.05) is 0 Å². The van der Waals surface area contributed by atoms with Crippen LogP contribution in [0.4, 0.5) is 42.5 Å². The first-order valence-electron chi connectivity index (χ1n) is 9.51. The SMILES string of the molecule is [C-]#[N+]Cc1ccc(Oc2ccc(NC(=O)Nc3cc(C(F)(F)F)cc(C(F)(F)F)c3)cc2)cc1. The summed E-state index contributed by atoms with van der Waals surface area (Å²) < 4.78 is 83.3. The molecule has 11 heteroatoms. The fraction of sp³-hybridized carbons (Fsp3) is 0.130. The number of halogens is 6. The average molecular weight is 479 g/mol. The first kappa shape index (κ1) is 24.4. The van der Waals surface area contributed by atoms with Crippen LogP contribution in [0.15, 0.2) is 66.7 Å². The number of anilines is 2. The summed E-state index contributed by atoms with van der Waals surface area (Å²) in [6, 6.07) is 12.5. The zero-order valence-corrected chi connectivity index (χ0v) is 17.1. The van der Waals surface area contributed by atoms with Gasteiger partial charge in [-0.15, -0.1) is 0 Å². The van der Waals surface area contributed by atoms with Crippen molar-refractivity contribution in [3.63, 3.8) is 0 Å². The Labute approximate surface area is 189 Å². The second kappa shape index (κ2) is 9.74. The van der Waals surface area contributed by atoms with Crippen LogP contribution in [0, 0.1) is 6.57 Å². The zero-order chi connectivity index (χ0) is 24.9. The highest BCUT2D eigenvalue weighted by Gasteiger charge is 2.37. The molecule has 0 saturated carbocycles. The number of hydrogen-bond donors (Lipinski definition) is 2. The molecule has 0 radical (unpaired) electrons. The number of benzene rings is 3. The van der Waals surface area contributed by atoms with Crippen LogP contribution in [-0.2, 0) is 18.9 Å². The maximum atomic E-state index is 12.9. The van der Waals surface area contributed by atoms with Crippen molar-refractivity contribution in [2.45, 2.75) is 18.9 Å². The summed E-state index contributed by atoms with van der Waals surface area (Å²) in [4.78, 5) is 15.4. The van der Waals surface area contributed by atoms with Crippen LogP contribution in [0.5, 0.6) is 11.5 Å². The Kier molecular flexibility index (Phi) is 7.00. The van der Waals surface area contributed by atoms with Crippen LogP contribution < -0.4 is 15.4 Å². The van der Waals surface area contributed by atoms with Gasteiger partial charge in [0.25, 0.3) is 0 Å². The van der Waals surface area contributed by atoms with E-state index in [0.717, 1.165) is 5.56 Å². The summed E-state index contributed by atoms with van der Waals surface area (Å²) in [6.45, 7) is 7.09. The van der Waals surface area contributed by atoms with Crippen LogP contribution in [0.1, 0.15) is 16.7 Å². The third-order valence-corrected chi connectivity index (χ3v) is 4.38. The van der Waals surface area contributed by atoms with E-state index in [4.69, 9.17) is 11.3 Å². The molecule has 0 aliphatic carbocycles. The Morgan fingerprint density at radius 1 is 0.765 bits per heavy atom. The van der Waals surface area contributed by atoms with Crippen LogP contribution >= 0.6 is 0 Å². The lowest BCUT2D eigenvalue weighted by atomic mass is 10.1. The molecule has 3 aromatic rings. The number of rotatable bonds is 5. The molecule has 3 aromatic carbocycles. The number of carbonyl (C=O) groups is 1. The molecule has 0 aliphatic heterocycles. The lowest BCUT2D eigenvalue weighted by Crippen LogP contribution is -2.20. The lowest BCUT2D eigenvalue weighted by Gasteiger charge is -2.15. The van der Waals surface area contributed by atoms with Crippen LogP contribution in [0.3, 0.4) is 0 Å². The first-order valence-corrected chi connectivity index (χ1v) is 9.51. The molecule has 5 nitrogen and oxygen atoms in total. The van der Waals surface area contributed by atoms with Gasteiger partial charge in [-0.05, 0) is 66.7 Å². The normalized spacial score (nSPS) is 11.4. The van der Waals surface area contributed by atoms with Gasteiger partial charge < -0.3 is 20.2 Å². The molecule has 3 rings (SSSR count). The van der Waals surface area contributed by atoms with Gasteiger partial charge in [-0.25, -0.2) is 11.4 Å². The molecule has 0 saturated heterocycles. The summed E-state index contributed by atoms with van der Waals surface area (Å²) in [5.74, 6) is 0.925. The number of hydrogen-bond acceptors (Lipinski definition) is 2. The summed E-state index contributed by atoms with van der Waals surface area (Å²) in [7, 11) is 0. The van der Waals surface area contributed by atoms with Gasteiger partial charge in [-0.2, -0.15) is 26.3 Å². The Bertz CT molecular complexity index is 1170. The highest BCUT2D eigenvalue weighted by Crippen LogP contribution is 2.37. The Morgan fingerprint density at radius 2 is 1.24 bits per heavy atom. The standard InChI is InChI=1S/C23H15F6N3O2/c1-30-13-14-2-6-19(7-3-14)34-20-8-4-17(5-9-20)31-21(33)32-18-11-15(22(24,25)26)10-16(12-18)23(27,28)29/h2-12H,13H2,(H2,31,32,33). The minimum atomic E-state index is -5.03. The summed E-state index contributed by atoms with van der Waals surface area (Å²) in [5.41, 5.74) is -2.69. The molecule has 0 spiro atoms. The Morgan fingerprint density at radius 3 is 1.71 bits per heavy atom. The minimum absolute atomic E-state index is 0.0277. The lowest BCUT2D eigenvalue weighted by molar-refractivity contribution is -0.143. The molecule has 2 N–H and O–H groups in total. The van der Waals surface area contributed by atoms with Gasteiger partial charge >= 0.3 is 18.4 Å². The minimum Gasteiger partial charge on any atom is -0.457 e. The van der Waals surface area contributed by atoms with Crippen LogP contribution in [0.25, 0.3) is 4.85 Å². The molecule has 0 heterocycles. The fourth-order valence-corrected chi connectivity index (χ4v) is 2.82. The topological polar surface area (TPSA) is 54.7 Å². The van der Waals surface area contributed by atoms with Crippen molar-refractivity contribution in [3.05, 3.63) is 94.8 Å². The summed E-state index contributed by atoms with van der Waals surface area (Å²) >= 11 is 0. The number of nitrogens with zero attached hydrogens (tertiary/aromatic N) is 1. The monoisotopic (exact) mass is 479 g/mol. The van der Waals surface area contributed by atoms with Gasteiger partial charge in [0.2, 0.25) is 6.54 Å². The van der Waals surface area contributed by atoms with Gasteiger partial charge in [0, 0.05) is 16.9 Å². The second-order valence-corrected chi connectivity index (χ2v) is 6.96. The fourth-order valence-electron chi connectivity index (χ4n) is 2.82. The van der Waals surface area contributed by atoms with E-state index in [1.165, 1.54) is 24.3 Å². The van der Waals surface area contributed by atoms with Crippen LogP contribution in [0.2, 0.25) is 0 Å². The Balaban J connectivity index is 1.66. The average Bonchev–Trinajstić information content (AvgIpc) is 2.75. The Hall–Kier alpha value is -4.20. The summed E-state index contributed by atoms with van der Waals surface area (Å²) in [6.07, 6.45) is -10.1. The number of nitrogens with one attached hydrogen (secondary N) is 2. The largest absolute Gasteiger partial charge is 0.457 e. The molecule has 0 unspecified atom stereocenters. The van der Waals surface area contributed by atoms with E-state index >= 15 is 0 Å². The predicted octanol–water partition coefficient (Wildman–Crippen LogP) is 7.58. The smallest absolute Gasteiger partial charge is 0.416 e. The zero-order valence-electron chi connectivity index (χ0n) is 17.1. The van der Waals surface area contributed by atoms with Crippen molar-refractivity contribution in [1.29, 1.82) is 0 Å². The van der Waals surface area contributed by atoms with E-state index in [-0.39, 0.29) is 18.3 Å². The van der Waals surface area contributed by atoms with Crippen molar-refractivity contribution >= 4 is 17.4 Å². The van der Waals surface area contributed by atoms with Crippen molar-refractivity contribution in [2.75, 3.05) is 10.6 Å². The third-order valence-electron chi connectivity index (χ3n) is 4.38. The maximum absolute atomic E-state index is 12.9. The van der Waals surface area contributed by atoms with Gasteiger partial charge in [0.1, 0.15) is 11.5 Å². The van der Waals surface area contributed by atoms with Gasteiger partial charge in [-0.3, -0.25) is 0 Å². The number of urea groups is 1. The molecule has 34 heavy (non-hydrogen) atoms. The third kappa shape index (κ3) is 6.65. The van der Waals surface area contributed by atoms with Gasteiger partial charge in [0.15, 0.2) is 0 Å². The second-order valence-electron chi connectivity index (χ2n) is 6.96. The molecule has 0 fully saturated rings. The van der Waals surface area contributed by atoms with E-state index in [1.54, 1.807) is 24.3 Å². The molecule has 0 aliphatic rings. The van der Waals surface area contributed by atoms with E-state index in [0.29, 0.717) is 23.6 Å². The van der Waals surface area contributed by atoms with Crippen molar-refractivity contribution in [3.8, 4) is 11.5 Å². The number of ether oxygens (including phenoxy) is 1. The molecular weight excluding hydrogens is 464 g/mol. The number of alkyl halides is 6. The molecule has 0 atom stereocenters. The maximum Gasteiger partial charge on any atom is 0.416 e. The summed E-state index contributed by atoms with van der Waals surface area (Å²) in [5, 5.41) is 4.31. The van der Waals surface area contributed by atoms with Crippen molar-refractivity contribution in [2.24, 2.45) is 0 Å². The quantitative estimate of drug-likeness (QED) is 0.293. The van der Waals surface area contributed by atoms with E-state index in [9.17, 15) is 31.1 Å². The van der Waals surface area contributed by atoms with Crippen molar-refractivity contribution in [1.82, 2.24) is 0 Å². The molecule has 0 aromatic heterocycles. The molecule has 176 valence electrons. The predicted molar refractivity (Wildman–Crippen MR) is 112 cm³/mol. The van der Waals surface area contributed by atoms with Crippen LogP contribution in [-0.4, -0.2) is 6.03 Å². The number of carbonyl (C=O) groups excluding carboxylic acids is 1. The van der Waals surface area contributed by atoms with E-state index < -0.39 is 35.2 Å². The van der Waals surface area contributed by atoms with Gasteiger partial charge in [0.05, 0.1) is 11.1 Å². The van der Waals surface area contributed by atoms with E-state index in [2.05, 4.69) is 10.2 Å². The van der Waals surface area contributed by atoms with E-state index in [1.807, 2.05) is 5.32 Å². The molecule has 2 amide bonds.